The Morgan fingerprint density at radius 3 is 2.61 bits per heavy atom. The Morgan fingerprint density at radius 2 is 1.89 bits per heavy atom. The van der Waals surface area contributed by atoms with Gasteiger partial charge in [0.1, 0.15) is 23.4 Å². The van der Waals surface area contributed by atoms with Gasteiger partial charge in [-0.1, -0.05) is 24.3 Å². The minimum absolute atomic E-state index is 0.0297. The molecule has 2 atom stereocenters. The Morgan fingerprint density at radius 1 is 1.06 bits per heavy atom. The summed E-state index contributed by atoms with van der Waals surface area (Å²) in [6.45, 7) is 0.339. The van der Waals surface area contributed by atoms with Crippen LogP contribution in [0.4, 0.5) is 4.39 Å². The van der Waals surface area contributed by atoms with E-state index >= 15 is 0 Å². The SMILES string of the molecule is COCc1cc(C2CCc3ccc([C@@H](CC(=O)O)C4CC4)cc3O2)ccc1-c1cc(OC)ccc1F. The highest BCUT2D eigenvalue weighted by Gasteiger charge is 2.34. The molecule has 5 rings (SSSR count). The lowest BCUT2D eigenvalue weighted by Crippen LogP contribution is -2.16. The summed E-state index contributed by atoms with van der Waals surface area (Å²) >= 11 is 0. The van der Waals surface area contributed by atoms with Gasteiger partial charge in [0.2, 0.25) is 0 Å². The highest BCUT2D eigenvalue weighted by Crippen LogP contribution is 2.46. The topological polar surface area (TPSA) is 65.0 Å². The van der Waals surface area contributed by atoms with Crippen LogP contribution in [-0.2, 0) is 22.6 Å². The molecule has 1 heterocycles. The van der Waals surface area contributed by atoms with Crippen molar-refractivity contribution in [3.8, 4) is 22.6 Å². The number of aliphatic carboxylic acids is 1. The van der Waals surface area contributed by atoms with Crippen LogP contribution in [0, 0.1) is 11.7 Å². The first kappa shape index (κ1) is 24.3. The molecule has 1 saturated carbocycles. The summed E-state index contributed by atoms with van der Waals surface area (Å²) in [7, 11) is 3.19. The predicted molar refractivity (Wildman–Crippen MR) is 135 cm³/mol. The smallest absolute Gasteiger partial charge is 0.303 e. The summed E-state index contributed by atoms with van der Waals surface area (Å²) in [5, 5.41) is 9.40. The molecule has 1 N–H and O–H groups in total. The van der Waals surface area contributed by atoms with Crippen molar-refractivity contribution in [2.24, 2.45) is 5.92 Å². The number of hydrogen-bond acceptors (Lipinski definition) is 4. The number of ether oxygens (including phenoxy) is 3. The molecule has 188 valence electrons. The van der Waals surface area contributed by atoms with Gasteiger partial charge >= 0.3 is 5.97 Å². The Kier molecular flexibility index (Phi) is 6.97. The number of carbonyl (C=O) groups is 1. The molecule has 0 amide bonds. The highest BCUT2D eigenvalue weighted by atomic mass is 19.1. The molecule has 1 unspecified atom stereocenters. The van der Waals surface area contributed by atoms with Crippen molar-refractivity contribution in [1.82, 2.24) is 0 Å². The third-order valence-electron chi connectivity index (χ3n) is 7.31. The second-order valence-corrected chi connectivity index (χ2v) is 9.75. The number of hydrogen-bond donors (Lipinski definition) is 1. The number of rotatable bonds is 9. The number of benzene rings is 3. The van der Waals surface area contributed by atoms with E-state index in [1.807, 2.05) is 24.3 Å². The fourth-order valence-electron chi connectivity index (χ4n) is 5.28. The highest BCUT2D eigenvalue weighted by molar-refractivity contribution is 5.70. The summed E-state index contributed by atoms with van der Waals surface area (Å²) < 4.78 is 31.9. The van der Waals surface area contributed by atoms with Crippen molar-refractivity contribution in [1.29, 1.82) is 0 Å². The van der Waals surface area contributed by atoms with E-state index in [-0.39, 0.29) is 24.3 Å². The van der Waals surface area contributed by atoms with Crippen LogP contribution in [0.25, 0.3) is 11.1 Å². The van der Waals surface area contributed by atoms with E-state index in [2.05, 4.69) is 12.1 Å². The molecule has 6 heteroatoms. The molecule has 0 aromatic heterocycles. The number of methoxy groups -OCH3 is 2. The third kappa shape index (κ3) is 5.09. The van der Waals surface area contributed by atoms with E-state index in [1.54, 1.807) is 26.4 Å². The zero-order valence-corrected chi connectivity index (χ0v) is 20.6. The summed E-state index contributed by atoms with van der Waals surface area (Å²) in [5.41, 5.74) is 5.30. The molecule has 1 fully saturated rings. The van der Waals surface area contributed by atoms with Crippen molar-refractivity contribution < 1.29 is 28.5 Å². The van der Waals surface area contributed by atoms with E-state index in [4.69, 9.17) is 14.2 Å². The second kappa shape index (κ2) is 10.3. The van der Waals surface area contributed by atoms with E-state index in [1.165, 1.54) is 6.07 Å². The Bertz CT molecular complexity index is 1270. The standard InChI is InChI=1S/C30H31FO5/c1-34-17-22-13-21(7-10-24(22)26-15-23(35-2)9-11-27(26)31)28-12-8-19-5-6-20(14-29(19)36-28)25(16-30(32)33)18-3-4-18/h5-7,9-11,13-15,18,25,28H,3-4,8,12,16-17H2,1-2H3,(H,32,33)/t25-,28?/m0/s1. The van der Waals surface area contributed by atoms with Crippen molar-refractivity contribution in [3.05, 3.63) is 82.7 Å². The van der Waals surface area contributed by atoms with Crippen LogP contribution < -0.4 is 9.47 Å². The molecule has 0 radical (unpaired) electrons. The monoisotopic (exact) mass is 490 g/mol. The van der Waals surface area contributed by atoms with Gasteiger partial charge in [0.05, 0.1) is 20.1 Å². The Hall–Kier alpha value is -3.38. The van der Waals surface area contributed by atoms with Crippen LogP contribution in [0.1, 0.15) is 60.0 Å². The maximum Gasteiger partial charge on any atom is 0.303 e. The summed E-state index contributed by atoms with van der Waals surface area (Å²) in [6.07, 6.45) is 3.87. The van der Waals surface area contributed by atoms with Gasteiger partial charge in [-0.15, -0.1) is 0 Å². The maximum atomic E-state index is 14.7. The zero-order chi connectivity index (χ0) is 25.2. The van der Waals surface area contributed by atoms with Crippen LogP contribution in [-0.4, -0.2) is 25.3 Å². The molecule has 0 saturated heterocycles. The van der Waals surface area contributed by atoms with Gasteiger partial charge < -0.3 is 19.3 Å². The minimum atomic E-state index is -0.762. The summed E-state index contributed by atoms with van der Waals surface area (Å²) in [5.74, 6) is 0.816. The van der Waals surface area contributed by atoms with E-state index in [0.717, 1.165) is 59.3 Å². The summed E-state index contributed by atoms with van der Waals surface area (Å²) in [4.78, 5) is 11.4. The van der Waals surface area contributed by atoms with Crippen molar-refractivity contribution in [3.63, 3.8) is 0 Å². The molecule has 36 heavy (non-hydrogen) atoms. The second-order valence-electron chi connectivity index (χ2n) is 9.75. The molecule has 3 aromatic rings. The fraction of sp³-hybridized carbons (Fsp3) is 0.367. The van der Waals surface area contributed by atoms with Gasteiger partial charge in [0.25, 0.3) is 0 Å². The Labute approximate surface area is 210 Å². The molecular weight excluding hydrogens is 459 g/mol. The number of carboxylic acid groups (broad SMARTS) is 1. The lowest BCUT2D eigenvalue weighted by Gasteiger charge is -2.28. The lowest BCUT2D eigenvalue weighted by atomic mass is 9.88. The number of fused-ring (bicyclic) bond motifs is 1. The van der Waals surface area contributed by atoms with Crippen molar-refractivity contribution >= 4 is 5.97 Å². The van der Waals surface area contributed by atoms with Crippen LogP contribution in [0.5, 0.6) is 11.5 Å². The fourth-order valence-corrected chi connectivity index (χ4v) is 5.28. The first-order chi connectivity index (χ1) is 17.5. The predicted octanol–water partition coefficient (Wildman–Crippen LogP) is 6.68. The summed E-state index contributed by atoms with van der Waals surface area (Å²) in [6, 6.07) is 16.9. The van der Waals surface area contributed by atoms with Crippen LogP contribution in [0.15, 0.2) is 54.6 Å². The molecule has 0 spiro atoms. The largest absolute Gasteiger partial charge is 0.497 e. The number of aryl methyl sites for hydroxylation is 1. The quantitative estimate of drug-likeness (QED) is 0.362. The van der Waals surface area contributed by atoms with E-state index in [0.29, 0.717) is 23.8 Å². The minimum Gasteiger partial charge on any atom is -0.497 e. The van der Waals surface area contributed by atoms with Gasteiger partial charge in [0.15, 0.2) is 0 Å². The van der Waals surface area contributed by atoms with Gasteiger partial charge in [-0.3, -0.25) is 4.79 Å². The average Bonchev–Trinajstić information content (AvgIpc) is 3.73. The van der Waals surface area contributed by atoms with E-state index < -0.39 is 5.97 Å². The average molecular weight is 491 g/mol. The molecule has 2 aliphatic rings. The van der Waals surface area contributed by atoms with Crippen LogP contribution >= 0.6 is 0 Å². The molecular formula is C30H31FO5. The van der Waals surface area contributed by atoms with Crippen molar-refractivity contribution in [2.75, 3.05) is 14.2 Å². The zero-order valence-electron chi connectivity index (χ0n) is 20.6. The van der Waals surface area contributed by atoms with Gasteiger partial charge in [-0.2, -0.15) is 0 Å². The normalized spacial score (nSPS) is 17.7. The first-order valence-electron chi connectivity index (χ1n) is 12.4. The third-order valence-corrected chi connectivity index (χ3v) is 7.31. The van der Waals surface area contributed by atoms with Gasteiger partial charge in [0, 0.05) is 12.7 Å². The van der Waals surface area contributed by atoms with Crippen LogP contribution in [0.2, 0.25) is 0 Å². The maximum absolute atomic E-state index is 14.7. The lowest BCUT2D eigenvalue weighted by molar-refractivity contribution is -0.137. The van der Waals surface area contributed by atoms with Crippen LogP contribution in [0.3, 0.4) is 0 Å². The molecule has 1 aliphatic carbocycles. The molecule has 3 aromatic carbocycles. The van der Waals surface area contributed by atoms with E-state index in [9.17, 15) is 14.3 Å². The number of carboxylic acids is 1. The van der Waals surface area contributed by atoms with Crippen molar-refractivity contribution in [2.45, 2.75) is 50.7 Å². The van der Waals surface area contributed by atoms with Gasteiger partial charge in [-0.05, 0) is 95.7 Å². The molecule has 5 nitrogen and oxygen atoms in total. The first-order valence-corrected chi connectivity index (χ1v) is 12.4. The Balaban J connectivity index is 1.43. The number of halogens is 1. The molecule has 0 bridgehead atoms. The van der Waals surface area contributed by atoms with Gasteiger partial charge in [-0.25, -0.2) is 4.39 Å². The molecule has 1 aliphatic heterocycles.